The molecule has 0 aliphatic rings. The van der Waals surface area contributed by atoms with Gasteiger partial charge < -0.3 is 10.4 Å². The van der Waals surface area contributed by atoms with Crippen molar-refractivity contribution >= 4 is 5.91 Å². The number of rotatable bonds is 5. The number of hydrogen-bond acceptors (Lipinski definition) is 3. The molecule has 0 fully saturated rings. The Morgan fingerprint density at radius 3 is 2.67 bits per heavy atom. The normalized spacial score (nSPS) is 13.4. The summed E-state index contributed by atoms with van der Waals surface area (Å²) in [6.07, 6.45) is 1.53. The van der Waals surface area contributed by atoms with Crippen molar-refractivity contribution in [1.29, 1.82) is 0 Å². The van der Waals surface area contributed by atoms with E-state index < -0.39 is 0 Å². The lowest BCUT2D eigenvalue weighted by Crippen LogP contribution is -2.40. The van der Waals surface area contributed by atoms with Gasteiger partial charge in [0.25, 0.3) is 5.91 Å². The van der Waals surface area contributed by atoms with Gasteiger partial charge in [-0.2, -0.15) is 5.10 Å². The molecule has 5 nitrogen and oxygen atoms in total. The molecule has 1 heterocycles. The molecule has 18 heavy (non-hydrogen) atoms. The molecule has 1 rings (SSSR count). The standard InChI is InChI=1S/C13H23N3O2/c1-5-9-6-11(16-15-9)12(18)14-10(8-17)7-13(2,3)4/h6,10,17H,5,7-8H2,1-4H3,(H,14,18)(H,15,16). The van der Waals surface area contributed by atoms with Crippen LogP contribution in [0.15, 0.2) is 6.07 Å². The summed E-state index contributed by atoms with van der Waals surface area (Å²) >= 11 is 0. The fourth-order valence-corrected chi connectivity index (χ4v) is 1.82. The highest BCUT2D eigenvalue weighted by Crippen LogP contribution is 2.20. The Morgan fingerprint density at radius 1 is 1.56 bits per heavy atom. The topological polar surface area (TPSA) is 78.0 Å². The van der Waals surface area contributed by atoms with Crippen LogP contribution in [-0.4, -0.2) is 33.9 Å². The van der Waals surface area contributed by atoms with Crippen LogP contribution >= 0.6 is 0 Å². The lowest BCUT2D eigenvalue weighted by atomic mass is 9.88. The van der Waals surface area contributed by atoms with Gasteiger partial charge in [0.05, 0.1) is 12.6 Å². The Hall–Kier alpha value is -1.36. The van der Waals surface area contributed by atoms with Crippen molar-refractivity contribution in [3.05, 3.63) is 17.5 Å². The van der Waals surface area contributed by atoms with E-state index in [2.05, 4.69) is 36.3 Å². The predicted octanol–water partition coefficient (Wildman–Crippen LogP) is 1.50. The van der Waals surface area contributed by atoms with Gasteiger partial charge in [0.2, 0.25) is 0 Å². The molecule has 5 heteroatoms. The van der Waals surface area contributed by atoms with E-state index in [4.69, 9.17) is 0 Å². The van der Waals surface area contributed by atoms with E-state index in [9.17, 15) is 9.90 Å². The van der Waals surface area contributed by atoms with Gasteiger partial charge in [0.15, 0.2) is 0 Å². The predicted molar refractivity (Wildman–Crippen MR) is 70.4 cm³/mol. The van der Waals surface area contributed by atoms with Crippen LogP contribution < -0.4 is 5.32 Å². The Balaban J connectivity index is 2.62. The van der Waals surface area contributed by atoms with Crippen LogP contribution in [0.3, 0.4) is 0 Å². The smallest absolute Gasteiger partial charge is 0.272 e. The molecule has 1 atom stereocenters. The monoisotopic (exact) mass is 253 g/mol. The molecule has 0 saturated heterocycles. The number of nitrogens with zero attached hydrogens (tertiary/aromatic N) is 1. The number of aliphatic hydroxyl groups is 1. The van der Waals surface area contributed by atoms with Crippen LogP contribution in [0.5, 0.6) is 0 Å². The third kappa shape index (κ3) is 4.49. The maximum absolute atomic E-state index is 11.9. The zero-order chi connectivity index (χ0) is 13.8. The van der Waals surface area contributed by atoms with Gasteiger partial charge in [0, 0.05) is 5.69 Å². The lowest BCUT2D eigenvalue weighted by molar-refractivity contribution is 0.0892. The molecule has 102 valence electrons. The van der Waals surface area contributed by atoms with Crippen molar-refractivity contribution in [3.8, 4) is 0 Å². The number of hydrogen-bond donors (Lipinski definition) is 3. The molecule has 1 amide bonds. The molecular weight excluding hydrogens is 230 g/mol. The van der Waals surface area contributed by atoms with Crippen LogP contribution in [0.1, 0.15) is 50.3 Å². The van der Waals surface area contributed by atoms with Gasteiger partial charge in [-0.15, -0.1) is 0 Å². The first-order chi connectivity index (χ1) is 8.35. The minimum Gasteiger partial charge on any atom is -0.394 e. The number of aromatic amines is 1. The van der Waals surface area contributed by atoms with Crippen molar-refractivity contribution in [2.24, 2.45) is 5.41 Å². The van der Waals surface area contributed by atoms with E-state index in [1.807, 2.05) is 6.92 Å². The van der Waals surface area contributed by atoms with E-state index in [0.29, 0.717) is 5.69 Å². The van der Waals surface area contributed by atoms with Gasteiger partial charge in [-0.1, -0.05) is 27.7 Å². The first-order valence-corrected chi connectivity index (χ1v) is 6.31. The third-order valence-electron chi connectivity index (χ3n) is 2.66. The summed E-state index contributed by atoms with van der Waals surface area (Å²) in [4.78, 5) is 11.9. The summed E-state index contributed by atoms with van der Waals surface area (Å²) in [6, 6.07) is 1.50. The first kappa shape index (κ1) is 14.7. The van der Waals surface area contributed by atoms with E-state index >= 15 is 0 Å². The average Bonchev–Trinajstić information content (AvgIpc) is 2.74. The summed E-state index contributed by atoms with van der Waals surface area (Å²) in [5.74, 6) is -0.241. The van der Waals surface area contributed by atoms with Crippen molar-refractivity contribution in [3.63, 3.8) is 0 Å². The van der Waals surface area contributed by atoms with Gasteiger partial charge in [-0.05, 0) is 24.3 Å². The highest BCUT2D eigenvalue weighted by Gasteiger charge is 2.21. The SMILES string of the molecule is CCc1cc(C(=O)NC(CO)CC(C)(C)C)n[nH]1. The quantitative estimate of drug-likeness (QED) is 0.744. The number of H-pyrrole nitrogens is 1. The van der Waals surface area contributed by atoms with Gasteiger partial charge in [-0.3, -0.25) is 9.89 Å². The molecule has 1 aromatic rings. The van der Waals surface area contributed by atoms with E-state index in [1.54, 1.807) is 6.07 Å². The van der Waals surface area contributed by atoms with E-state index in [-0.39, 0.29) is 24.0 Å². The average molecular weight is 253 g/mol. The Labute approximate surface area is 108 Å². The molecule has 0 bridgehead atoms. The molecule has 0 spiro atoms. The lowest BCUT2D eigenvalue weighted by Gasteiger charge is -2.25. The van der Waals surface area contributed by atoms with Crippen LogP contribution in [0.2, 0.25) is 0 Å². The van der Waals surface area contributed by atoms with Crippen molar-refractivity contribution in [1.82, 2.24) is 15.5 Å². The maximum atomic E-state index is 11.9. The third-order valence-corrected chi connectivity index (χ3v) is 2.66. The molecule has 0 radical (unpaired) electrons. The summed E-state index contributed by atoms with van der Waals surface area (Å²) in [6.45, 7) is 8.15. The molecule has 0 aliphatic carbocycles. The molecule has 1 unspecified atom stereocenters. The fourth-order valence-electron chi connectivity index (χ4n) is 1.82. The van der Waals surface area contributed by atoms with Gasteiger partial charge in [0.1, 0.15) is 5.69 Å². The summed E-state index contributed by atoms with van der Waals surface area (Å²) in [5, 5.41) is 18.9. The molecule has 0 aliphatic heterocycles. The zero-order valence-corrected chi connectivity index (χ0v) is 11.6. The first-order valence-electron chi connectivity index (χ1n) is 6.31. The van der Waals surface area contributed by atoms with Crippen molar-refractivity contribution in [2.75, 3.05) is 6.61 Å². The van der Waals surface area contributed by atoms with E-state index in [0.717, 1.165) is 18.5 Å². The highest BCUT2D eigenvalue weighted by atomic mass is 16.3. The van der Waals surface area contributed by atoms with Gasteiger partial charge in [-0.25, -0.2) is 0 Å². The minimum atomic E-state index is -0.241. The largest absolute Gasteiger partial charge is 0.394 e. The molecule has 0 saturated carbocycles. The number of carbonyl (C=O) groups excluding carboxylic acids is 1. The van der Waals surface area contributed by atoms with Crippen LogP contribution in [0.4, 0.5) is 0 Å². The highest BCUT2D eigenvalue weighted by molar-refractivity contribution is 5.92. The second-order valence-corrected chi connectivity index (χ2v) is 5.75. The number of nitrogens with one attached hydrogen (secondary N) is 2. The summed E-state index contributed by atoms with van der Waals surface area (Å²) < 4.78 is 0. The van der Waals surface area contributed by atoms with Crippen LogP contribution in [0.25, 0.3) is 0 Å². The second kappa shape index (κ2) is 6.00. The number of amides is 1. The van der Waals surface area contributed by atoms with Gasteiger partial charge >= 0.3 is 0 Å². The Morgan fingerprint density at radius 2 is 2.22 bits per heavy atom. The molecule has 3 N–H and O–H groups in total. The summed E-state index contributed by atoms with van der Waals surface area (Å²) in [7, 11) is 0. The summed E-state index contributed by atoms with van der Waals surface area (Å²) in [5.41, 5.74) is 1.36. The van der Waals surface area contributed by atoms with Crippen LogP contribution in [-0.2, 0) is 6.42 Å². The number of aromatic nitrogens is 2. The molecule has 0 aromatic carbocycles. The number of aliphatic hydroxyl groups excluding tert-OH is 1. The minimum absolute atomic E-state index is 0.0564. The molecular formula is C13H23N3O2. The number of aryl methyl sites for hydroxylation is 1. The van der Waals surface area contributed by atoms with Crippen LogP contribution in [0, 0.1) is 5.41 Å². The molecule has 1 aromatic heterocycles. The van der Waals surface area contributed by atoms with E-state index in [1.165, 1.54) is 0 Å². The van der Waals surface area contributed by atoms with Crippen molar-refractivity contribution < 1.29 is 9.90 Å². The maximum Gasteiger partial charge on any atom is 0.272 e. The fraction of sp³-hybridized carbons (Fsp3) is 0.692. The van der Waals surface area contributed by atoms with Crippen molar-refractivity contribution in [2.45, 2.75) is 46.6 Å². The second-order valence-electron chi connectivity index (χ2n) is 5.75. The number of carbonyl (C=O) groups is 1. The Bertz CT molecular complexity index is 393. The Kier molecular flexibility index (Phi) is 4.90. The zero-order valence-electron chi connectivity index (χ0n) is 11.6.